The molecule has 23 heavy (non-hydrogen) atoms. The molecule has 2 amide bonds. The van der Waals surface area contributed by atoms with E-state index in [4.69, 9.17) is 14.2 Å². The van der Waals surface area contributed by atoms with E-state index in [2.05, 4.69) is 5.32 Å². The Hall–Kier alpha value is -1.23. The molecule has 9 nitrogen and oxygen atoms in total. The van der Waals surface area contributed by atoms with Crippen molar-refractivity contribution in [2.24, 2.45) is 0 Å². The van der Waals surface area contributed by atoms with Crippen LogP contribution < -0.4 is 5.32 Å². The number of sulfone groups is 1. The smallest absolute Gasteiger partial charge is 0.312 e. The molecule has 0 spiro atoms. The third kappa shape index (κ3) is 6.05. The second-order valence-corrected chi connectivity index (χ2v) is 7.39. The summed E-state index contributed by atoms with van der Waals surface area (Å²) in [6, 6.07) is -0.506. The number of nitrogens with one attached hydrogen (secondary N) is 1. The van der Waals surface area contributed by atoms with Crippen molar-refractivity contribution in [1.82, 2.24) is 10.2 Å². The maximum absolute atomic E-state index is 12.3. The summed E-state index contributed by atoms with van der Waals surface area (Å²) in [5, 5.41) is 2.42. The first-order chi connectivity index (χ1) is 10.8. The van der Waals surface area contributed by atoms with Crippen molar-refractivity contribution in [2.75, 3.05) is 52.5 Å². The average Bonchev–Trinajstić information content (AvgIpc) is 2.88. The second kappa shape index (κ2) is 9.16. The number of methoxy groups -OCH3 is 3. The van der Waals surface area contributed by atoms with Gasteiger partial charge in [-0.25, -0.2) is 8.42 Å². The minimum Gasteiger partial charge on any atom is -0.383 e. The van der Waals surface area contributed by atoms with E-state index in [1.54, 1.807) is 0 Å². The van der Waals surface area contributed by atoms with Crippen molar-refractivity contribution in [1.29, 1.82) is 0 Å². The van der Waals surface area contributed by atoms with E-state index < -0.39 is 34.0 Å². The van der Waals surface area contributed by atoms with Crippen LogP contribution >= 0.6 is 0 Å². The van der Waals surface area contributed by atoms with Crippen LogP contribution in [0.3, 0.4) is 0 Å². The van der Waals surface area contributed by atoms with Crippen LogP contribution in [0.1, 0.15) is 6.42 Å². The Morgan fingerprint density at radius 2 is 1.91 bits per heavy atom. The van der Waals surface area contributed by atoms with E-state index in [0.29, 0.717) is 6.42 Å². The number of hydrogen-bond donors (Lipinski definition) is 1. The zero-order valence-corrected chi connectivity index (χ0v) is 14.4. The van der Waals surface area contributed by atoms with Crippen molar-refractivity contribution >= 4 is 21.7 Å². The van der Waals surface area contributed by atoms with Gasteiger partial charge in [0.25, 0.3) is 0 Å². The summed E-state index contributed by atoms with van der Waals surface area (Å²) in [4.78, 5) is 25.6. The van der Waals surface area contributed by atoms with Crippen LogP contribution in [0.4, 0.5) is 0 Å². The van der Waals surface area contributed by atoms with Gasteiger partial charge in [0, 0.05) is 33.9 Å². The van der Waals surface area contributed by atoms with Crippen molar-refractivity contribution < 1.29 is 32.2 Å². The van der Waals surface area contributed by atoms with Gasteiger partial charge in [0.15, 0.2) is 16.1 Å². The molecule has 10 heteroatoms. The van der Waals surface area contributed by atoms with E-state index in [9.17, 15) is 18.0 Å². The monoisotopic (exact) mass is 352 g/mol. The first-order valence-electron chi connectivity index (χ1n) is 7.18. The van der Waals surface area contributed by atoms with E-state index in [1.165, 1.54) is 26.2 Å². The summed E-state index contributed by atoms with van der Waals surface area (Å²) >= 11 is 0. The largest absolute Gasteiger partial charge is 0.383 e. The molecule has 134 valence electrons. The van der Waals surface area contributed by atoms with Crippen molar-refractivity contribution in [2.45, 2.75) is 18.8 Å². The molecule has 0 aliphatic carbocycles. The van der Waals surface area contributed by atoms with E-state index in [0.717, 1.165) is 0 Å². The van der Waals surface area contributed by atoms with Gasteiger partial charge in [-0.2, -0.15) is 0 Å². The topological polar surface area (TPSA) is 111 Å². The maximum Gasteiger partial charge on any atom is 0.312 e. The summed E-state index contributed by atoms with van der Waals surface area (Å²) in [5.41, 5.74) is 0. The lowest BCUT2D eigenvalue weighted by molar-refractivity contribution is -0.149. The molecule has 0 aromatic rings. The molecular formula is C13H24N2O7S. The highest BCUT2D eigenvalue weighted by atomic mass is 32.2. The summed E-state index contributed by atoms with van der Waals surface area (Å²) in [5.74, 6) is -1.72. The summed E-state index contributed by atoms with van der Waals surface area (Å²) < 4.78 is 38.0. The summed E-state index contributed by atoms with van der Waals surface area (Å²) in [6.07, 6.45) is -0.338. The summed E-state index contributed by atoms with van der Waals surface area (Å²) in [6.45, 7) is 0.383. The van der Waals surface area contributed by atoms with E-state index in [-0.39, 0.29) is 31.2 Å². The lowest BCUT2D eigenvalue weighted by Gasteiger charge is -2.27. The van der Waals surface area contributed by atoms with Gasteiger partial charge >= 0.3 is 11.8 Å². The zero-order chi connectivity index (χ0) is 17.5. The van der Waals surface area contributed by atoms with Crippen LogP contribution in [-0.4, -0.2) is 90.0 Å². The first-order valence-corrected chi connectivity index (χ1v) is 9.00. The predicted octanol–water partition coefficient (Wildman–Crippen LogP) is -1.62. The second-order valence-electron chi connectivity index (χ2n) is 5.16. The molecule has 1 aliphatic heterocycles. The Balaban J connectivity index is 2.69. The third-order valence-corrected chi connectivity index (χ3v) is 5.35. The molecule has 0 aromatic carbocycles. The van der Waals surface area contributed by atoms with Crippen LogP contribution in [0.15, 0.2) is 0 Å². The van der Waals surface area contributed by atoms with Gasteiger partial charge in [-0.3, -0.25) is 9.59 Å². The quantitative estimate of drug-likeness (QED) is 0.413. The van der Waals surface area contributed by atoms with E-state index >= 15 is 0 Å². The van der Waals surface area contributed by atoms with Gasteiger partial charge in [0.05, 0.1) is 24.7 Å². The summed E-state index contributed by atoms with van der Waals surface area (Å²) in [7, 11) is 1.13. The molecule has 0 aromatic heterocycles. The molecule has 1 saturated heterocycles. The maximum atomic E-state index is 12.3. The van der Waals surface area contributed by atoms with Crippen molar-refractivity contribution in [3.63, 3.8) is 0 Å². The molecule has 1 unspecified atom stereocenters. The Morgan fingerprint density at radius 3 is 2.39 bits per heavy atom. The lowest BCUT2D eigenvalue weighted by Crippen LogP contribution is -2.50. The van der Waals surface area contributed by atoms with Gasteiger partial charge in [-0.1, -0.05) is 0 Å². The number of nitrogens with zero attached hydrogens (tertiary/aromatic N) is 1. The third-order valence-electron chi connectivity index (χ3n) is 3.60. The van der Waals surface area contributed by atoms with E-state index in [1.807, 2.05) is 0 Å². The number of ether oxygens (including phenoxy) is 3. The number of carbonyl (C=O) groups is 2. The highest BCUT2D eigenvalue weighted by molar-refractivity contribution is 7.91. The molecule has 0 radical (unpaired) electrons. The van der Waals surface area contributed by atoms with Gasteiger partial charge in [-0.15, -0.1) is 0 Å². The minimum absolute atomic E-state index is 0.0126. The molecule has 1 rings (SSSR count). The van der Waals surface area contributed by atoms with Gasteiger partial charge in [-0.05, 0) is 6.42 Å². The molecule has 0 bridgehead atoms. The molecule has 1 atom stereocenters. The minimum atomic E-state index is -3.16. The lowest BCUT2D eigenvalue weighted by atomic mass is 10.2. The van der Waals surface area contributed by atoms with Crippen molar-refractivity contribution in [3.8, 4) is 0 Å². The van der Waals surface area contributed by atoms with Crippen LogP contribution in [0.2, 0.25) is 0 Å². The number of rotatable bonds is 8. The Labute approximate surface area is 136 Å². The highest BCUT2D eigenvalue weighted by Crippen LogP contribution is 2.18. The molecular weight excluding hydrogens is 328 g/mol. The number of hydrogen-bond acceptors (Lipinski definition) is 7. The first kappa shape index (κ1) is 19.8. The Morgan fingerprint density at radius 1 is 1.26 bits per heavy atom. The van der Waals surface area contributed by atoms with Crippen LogP contribution in [0, 0.1) is 0 Å². The zero-order valence-electron chi connectivity index (χ0n) is 13.6. The molecule has 1 heterocycles. The van der Waals surface area contributed by atoms with Gasteiger partial charge in [0.1, 0.15) is 0 Å². The van der Waals surface area contributed by atoms with Crippen LogP contribution in [0.5, 0.6) is 0 Å². The highest BCUT2D eigenvalue weighted by Gasteiger charge is 2.36. The molecule has 0 saturated carbocycles. The van der Waals surface area contributed by atoms with Gasteiger partial charge in [0.2, 0.25) is 0 Å². The van der Waals surface area contributed by atoms with Crippen LogP contribution in [0.25, 0.3) is 0 Å². The fourth-order valence-corrected chi connectivity index (χ4v) is 4.04. The number of amides is 2. The Kier molecular flexibility index (Phi) is 7.89. The standard InChI is InChI=1S/C13H24N2O7S/c1-20-6-5-15(10-4-7-23(18,19)9-10)13(17)12(16)14-8-11(21-2)22-3/h10-11H,4-9H2,1-3H3,(H,14,16). The normalized spacial score (nSPS) is 19.7. The molecule has 1 fully saturated rings. The average molecular weight is 352 g/mol. The SMILES string of the molecule is COCCN(C(=O)C(=O)NCC(OC)OC)C1CCS(=O)(=O)C1. The molecule has 1 aliphatic rings. The van der Waals surface area contributed by atoms with Gasteiger partial charge < -0.3 is 24.4 Å². The Bertz CT molecular complexity index is 504. The predicted molar refractivity (Wildman–Crippen MR) is 81.5 cm³/mol. The fraction of sp³-hybridized carbons (Fsp3) is 0.846. The van der Waals surface area contributed by atoms with Crippen LogP contribution in [-0.2, 0) is 33.6 Å². The molecule has 1 N–H and O–H groups in total. The van der Waals surface area contributed by atoms with Crippen molar-refractivity contribution in [3.05, 3.63) is 0 Å². The number of carbonyl (C=O) groups excluding carboxylic acids is 2. The fourth-order valence-electron chi connectivity index (χ4n) is 2.31.